The molecule has 0 radical (unpaired) electrons. The number of amidine groups is 1. The monoisotopic (exact) mass is 348 g/mol. The molecule has 0 bridgehead atoms. The van der Waals surface area contributed by atoms with Crippen LogP contribution in [0, 0.1) is 6.92 Å². The molecule has 0 saturated carbocycles. The highest BCUT2D eigenvalue weighted by molar-refractivity contribution is 9.10. The zero-order valence-corrected chi connectivity index (χ0v) is 12.8. The summed E-state index contributed by atoms with van der Waals surface area (Å²) in [4.78, 5) is 16.4. The quantitative estimate of drug-likeness (QED) is 0.343. The second-order valence-electron chi connectivity index (χ2n) is 4.27. The number of rotatable bonds is 3. The van der Waals surface area contributed by atoms with E-state index in [1.165, 1.54) is 0 Å². The summed E-state index contributed by atoms with van der Waals surface area (Å²) in [5.74, 6) is -0.397. The molecule has 0 saturated heterocycles. The van der Waals surface area contributed by atoms with Crippen molar-refractivity contribution in [1.82, 2.24) is 4.98 Å². The van der Waals surface area contributed by atoms with Crippen molar-refractivity contribution < 1.29 is 10.0 Å². The average Bonchev–Trinajstić information content (AvgIpc) is 2.47. The zero-order chi connectivity index (χ0) is 15.4. The van der Waals surface area contributed by atoms with E-state index in [9.17, 15) is 4.79 Å². The Morgan fingerprint density at radius 3 is 2.81 bits per heavy atom. The predicted octanol–water partition coefficient (Wildman–Crippen LogP) is 2.50. The lowest BCUT2D eigenvalue weighted by atomic mass is 10.1. The highest BCUT2D eigenvalue weighted by atomic mass is 79.9. The van der Waals surface area contributed by atoms with Gasteiger partial charge < -0.3 is 16.3 Å². The van der Waals surface area contributed by atoms with Gasteiger partial charge in [0.05, 0.1) is 11.3 Å². The van der Waals surface area contributed by atoms with E-state index in [0.29, 0.717) is 22.5 Å². The first-order valence-electron chi connectivity index (χ1n) is 6.03. The fraction of sp³-hybridized carbons (Fsp3) is 0.0714. The summed E-state index contributed by atoms with van der Waals surface area (Å²) in [5.41, 5.74) is 7.56. The third kappa shape index (κ3) is 3.38. The van der Waals surface area contributed by atoms with E-state index >= 15 is 0 Å². The van der Waals surface area contributed by atoms with Gasteiger partial charge in [0.1, 0.15) is 0 Å². The molecule has 1 heterocycles. The van der Waals surface area contributed by atoms with E-state index < -0.39 is 0 Å². The van der Waals surface area contributed by atoms with Crippen LogP contribution in [-0.2, 0) is 0 Å². The number of pyridine rings is 1. The maximum atomic E-state index is 12.3. The van der Waals surface area contributed by atoms with Crippen LogP contribution in [-0.4, -0.2) is 21.9 Å². The van der Waals surface area contributed by atoms with Crippen molar-refractivity contribution in [2.45, 2.75) is 6.92 Å². The lowest BCUT2D eigenvalue weighted by molar-refractivity contribution is 0.102. The van der Waals surface area contributed by atoms with Crippen molar-refractivity contribution in [2.75, 3.05) is 5.32 Å². The van der Waals surface area contributed by atoms with Crippen LogP contribution in [0.5, 0.6) is 0 Å². The second kappa shape index (κ2) is 6.36. The first-order chi connectivity index (χ1) is 10.0. The Morgan fingerprint density at radius 1 is 1.38 bits per heavy atom. The van der Waals surface area contributed by atoms with E-state index in [1.54, 1.807) is 43.5 Å². The first kappa shape index (κ1) is 15.0. The third-order valence-electron chi connectivity index (χ3n) is 2.87. The highest BCUT2D eigenvalue weighted by Gasteiger charge is 2.14. The molecule has 0 aliphatic rings. The number of nitrogens with two attached hydrogens (primary N) is 1. The van der Waals surface area contributed by atoms with Crippen LogP contribution in [0.25, 0.3) is 0 Å². The van der Waals surface area contributed by atoms with Gasteiger partial charge in [-0.3, -0.25) is 9.78 Å². The molecule has 4 N–H and O–H groups in total. The first-order valence-corrected chi connectivity index (χ1v) is 6.82. The average molecular weight is 349 g/mol. The van der Waals surface area contributed by atoms with Crippen LogP contribution in [0.3, 0.4) is 0 Å². The zero-order valence-electron chi connectivity index (χ0n) is 11.2. The fourth-order valence-electron chi connectivity index (χ4n) is 1.81. The molecule has 0 fully saturated rings. The van der Waals surface area contributed by atoms with Crippen LogP contribution in [0.4, 0.5) is 5.69 Å². The highest BCUT2D eigenvalue weighted by Crippen LogP contribution is 2.22. The Balaban J connectivity index is 2.37. The van der Waals surface area contributed by atoms with Crippen LogP contribution < -0.4 is 11.1 Å². The van der Waals surface area contributed by atoms with Gasteiger partial charge in [0.2, 0.25) is 0 Å². The van der Waals surface area contributed by atoms with E-state index in [1.807, 2.05) is 0 Å². The molecule has 0 spiro atoms. The molecule has 2 rings (SSSR count). The van der Waals surface area contributed by atoms with Gasteiger partial charge in [0.25, 0.3) is 5.91 Å². The molecular formula is C14H13BrN4O2. The summed E-state index contributed by atoms with van der Waals surface area (Å²) in [5, 5.41) is 14.5. The second-order valence-corrected chi connectivity index (χ2v) is 5.18. The number of aryl methyl sites for hydroxylation is 1. The van der Waals surface area contributed by atoms with Crippen LogP contribution >= 0.6 is 15.9 Å². The summed E-state index contributed by atoms with van der Waals surface area (Å²) >= 11 is 3.32. The number of anilines is 1. The Hall–Kier alpha value is -2.41. The van der Waals surface area contributed by atoms with Gasteiger partial charge in [-0.25, -0.2) is 0 Å². The summed E-state index contributed by atoms with van der Waals surface area (Å²) in [7, 11) is 0. The minimum atomic E-state index is -0.314. The van der Waals surface area contributed by atoms with E-state index in [4.69, 9.17) is 10.9 Å². The number of hydrogen-bond acceptors (Lipinski definition) is 4. The molecule has 0 unspecified atom stereocenters. The lowest BCUT2D eigenvalue weighted by Gasteiger charge is -2.11. The van der Waals surface area contributed by atoms with Crippen LogP contribution in [0.15, 0.2) is 46.2 Å². The number of carbonyl (C=O) groups excluding carboxylic acids is 1. The van der Waals surface area contributed by atoms with Gasteiger partial charge in [0.15, 0.2) is 5.84 Å². The molecule has 2 aromatic rings. The normalized spacial score (nSPS) is 11.2. The number of nitrogens with one attached hydrogen (secondary N) is 1. The molecule has 21 heavy (non-hydrogen) atoms. The molecule has 1 amide bonds. The molecule has 7 heteroatoms. The molecule has 1 aromatic carbocycles. The van der Waals surface area contributed by atoms with Gasteiger partial charge in [-0.1, -0.05) is 21.1 Å². The number of benzene rings is 1. The van der Waals surface area contributed by atoms with Gasteiger partial charge in [-0.15, -0.1) is 0 Å². The summed E-state index contributed by atoms with van der Waals surface area (Å²) in [6.07, 6.45) is 1.62. The third-order valence-corrected chi connectivity index (χ3v) is 3.36. The number of halogens is 1. The molecule has 0 aliphatic carbocycles. The molecule has 0 atom stereocenters. The van der Waals surface area contributed by atoms with E-state index in [-0.39, 0.29) is 11.7 Å². The topological polar surface area (TPSA) is 101 Å². The number of carbonyl (C=O) groups is 1. The number of oxime groups is 1. The fourth-order valence-corrected chi connectivity index (χ4v) is 2.17. The number of hydrogen-bond donors (Lipinski definition) is 3. The Bertz CT molecular complexity index is 716. The number of nitrogens with zero attached hydrogens (tertiary/aromatic N) is 2. The minimum Gasteiger partial charge on any atom is -0.409 e. The van der Waals surface area contributed by atoms with Crippen molar-refractivity contribution in [2.24, 2.45) is 10.9 Å². The number of aromatic nitrogens is 1. The predicted molar refractivity (Wildman–Crippen MR) is 83.6 cm³/mol. The standard InChI is InChI=1S/C14H13BrN4O2/c1-8-10(3-2-6-17-8)14(20)18-12-7-9(15)4-5-11(12)13(16)19-21/h2-7,21H,1H3,(H2,16,19)(H,18,20). The molecule has 6 nitrogen and oxygen atoms in total. The van der Waals surface area contributed by atoms with E-state index in [0.717, 1.165) is 4.47 Å². The van der Waals surface area contributed by atoms with Crippen molar-refractivity contribution in [3.8, 4) is 0 Å². The van der Waals surface area contributed by atoms with Crippen LogP contribution in [0.1, 0.15) is 21.6 Å². The van der Waals surface area contributed by atoms with Crippen molar-refractivity contribution in [1.29, 1.82) is 0 Å². The van der Waals surface area contributed by atoms with Gasteiger partial charge >= 0.3 is 0 Å². The summed E-state index contributed by atoms with van der Waals surface area (Å²) < 4.78 is 0.759. The number of amides is 1. The molecule has 1 aromatic heterocycles. The largest absolute Gasteiger partial charge is 0.409 e. The SMILES string of the molecule is Cc1ncccc1C(=O)Nc1cc(Br)ccc1/C(N)=N/O. The van der Waals surface area contributed by atoms with Gasteiger partial charge in [-0.05, 0) is 37.3 Å². The Labute approximate surface area is 129 Å². The van der Waals surface area contributed by atoms with Crippen molar-refractivity contribution in [3.05, 3.63) is 57.8 Å². The van der Waals surface area contributed by atoms with Crippen molar-refractivity contribution >= 4 is 33.4 Å². The lowest BCUT2D eigenvalue weighted by Crippen LogP contribution is -2.20. The molecular weight excluding hydrogens is 336 g/mol. The van der Waals surface area contributed by atoms with Crippen molar-refractivity contribution in [3.63, 3.8) is 0 Å². The Morgan fingerprint density at radius 2 is 2.14 bits per heavy atom. The summed E-state index contributed by atoms with van der Waals surface area (Å²) in [6.45, 7) is 1.75. The summed E-state index contributed by atoms with van der Waals surface area (Å²) in [6, 6.07) is 8.42. The minimum absolute atomic E-state index is 0.0827. The van der Waals surface area contributed by atoms with Gasteiger partial charge in [0, 0.05) is 21.9 Å². The van der Waals surface area contributed by atoms with Gasteiger partial charge in [-0.2, -0.15) is 0 Å². The molecule has 108 valence electrons. The Kier molecular flexibility index (Phi) is 4.54. The maximum absolute atomic E-state index is 12.3. The van der Waals surface area contributed by atoms with E-state index in [2.05, 4.69) is 31.4 Å². The smallest absolute Gasteiger partial charge is 0.257 e. The molecule has 0 aliphatic heterocycles. The van der Waals surface area contributed by atoms with Crippen LogP contribution in [0.2, 0.25) is 0 Å². The maximum Gasteiger partial charge on any atom is 0.257 e.